The predicted octanol–water partition coefficient (Wildman–Crippen LogP) is 13.9. The summed E-state index contributed by atoms with van der Waals surface area (Å²) in [7, 11) is 0. The van der Waals surface area contributed by atoms with E-state index in [-0.39, 0.29) is 5.82 Å². The Hall–Kier alpha value is -6.96. The Morgan fingerprint density at radius 2 is 1.14 bits per heavy atom. The fraction of sp³-hybridized carbons (Fsp3) is 0.0769. The molecule has 0 atom stereocenters. The molecule has 4 aromatic heterocycles. The molecule has 11 rings (SSSR count). The molecule has 0 amide bonds. The molecular weight excluding hydrogens is 889 g/mol. The van der Waals surface area contributed by atoms with E-state index in [1.165, 1.54) is 6.07 Å². The Morgan fingerprint density at radius 1 is 0.547 bits per heavy atom. The number of hydrogen-bond acceptors (Lipinski definition) is 5. The van der Waals surface area contributed by atoms with E-state index in [2.05, 4.69) is 52.2 Å². The predicted molar refractivity (Wildman–Crippen MR) is 254 cm³/mol. The molecule has 0 radical (unpaired) electrons. The maximum atomic E-state index is 15.4. The monoisotopic (exact) mass is 926 g/mol. The number of thiophene rings is 1. The van der Waals surface area contributed by atoms with E-state index in [0.717, 1.165) is 87.3 Å². The van der Waals surface area contributed by atoms with Crippen molar-refractivity contribution in [2.75, 3.05) is 0 Å². The van der Waals surface area contributed by atoms with Gasteiger partial charge in [-0.3, -0.25) is 4.57 Å². The van der Waals surface area contributed by atoms with Crippen molar-refractivity contribution in [3.8, 4) is 56.7 Å². The summed E-state index contributed by atoms with van der Waals surface area (Å²) in [6.07, 6.45) is -2.69. The standard InChI is InChI=1S/C52H36F4GeN6S/c1-57(2,3)42-27-26-31(29-41(42)53)48-58-30-40-38-22-11-23-39(47(38)64-51(40)61-48)50-60-46-37(21-13-25-44(46)63(50)35-18-8-5-9-19-35)36-20-12-24-43-45(36)59-49(62(43)34-16-6-4-7-17-34)32-14-10-15-33(28-32)52(54,55)56/h4-30H,1-3H3. The average Bonchev–Trinajstić information content (AvgIpc) is 4.00. The van der Waals surface area contributed by atoms with Crippen molar-refractivity contribution in [3.05, 3.63) is 175 Å². The summed E-state index contributed by atoms with van der Waals surface area (Å²) in [5.74, 6) is 7.89. The Bertz CT molecular complexity index is 3610. The van der Waals surface area contributed by atoms with E-state index in [1.54, 1.807) is 23.5 Å². The summed E-state index contributed by atoms with van der Waals surface area (Å²) in [5.41, 5.74) is 7.38. The SMILES string of the molecule is [CH3][Ge]([CH3])([CH3])[c]1ccc(-c2ncc3c(n2)sc2c(-c4nc5c(-c6cccc7c6nc(-c6cccc(C(F)(F)F)c6)n7-c6ccccc6)cccc5n4-c4ccccc4)cccc23)cc1F. The minimum absolute atomic E-state index is 0.205. The fourth-order valence-electron chi connectivity index (χ4n) is 8.68. The zero-order valence-electron chi connectivity index (χ0n) is 34.7. The number of halogens is 4. The normalized spacial score (nSPS) is 12.3. The van der Waals surface area contributed by atoms with Gasteiger partial charge in [-0.2, -0.15) is 13.2 Å². The maximum absolute atomic E-state index is 15.4. The van der Waals surface area contributed by atoms with Crippen molar-refractivity contribution in [1.82, 2.24) is 29.1 Å². The van der Waals surface area contributed by atoms with Crippen LogP contribution >= 0.6 is 11.3 Å². The number of para-hydroxylation sites is 4. The number of nitrogens with zero attached hydrogens (tertiary/aromatic N) is 6. The van der Waals surface area contributed by atoms with Crippen LogP contribution in [0.4, 0.5) is 17.6 Å². The van der Waals surface area contributed by atoms with Gasteiger partial charge in [-0.25, -0.2) is 4.98 Å². The molecule has 312 valence electrons. The van der Waals surface area contributed by atoms with Gasteiger partial charge in [-0.1, -0.05) is 72.8 Å². The van der Waals surface area contributed by atoms with Gasteiger partial charge in [0.2, 0.25) is 0 Å². The van der Waals surface area contributed by atoms with Crippen LogP contribution < -0.4 is 4.40 Å². The first kappa shape index (κ1) is 39.9. The second-order valence-electron chi connectivity index (χ2n) is 16.8. The molecule has 11 aromatic rings. The third-order valence-electron chi connectivity index (χ3n) is 11.7. The van der Waals surface area contributed by atoms with Gasteiger partial charge in [0.25, 0.3) is 0 Å². The average molecular weight is 926 g/mol. The second-order valence-corrected chi connectivity index (χ2v) is 28.3. The van der Waals surface area contributed by atoms with Crippen molar-refractivity contribution in [1.29, 1.82) is 0 Å². The molecule has 64 heavy (non-hydrogen) atoms. The van der Waals surface area contributed by atoms with Gasteiger partial charge >= 0.3 is 168 Å². The van der Waals surface area contributed by atoms with Gasteiger partial charge in [-0.05, 0) is 48.5 Å². The molecule has 0 spiro atoms. The number of fused-ring (bicyclic) bond motifs is 5. The number of aromatic nitrogens is 6. The molecule has 12 heteroatoms. The molecule has 0 bridgehead atoms. The molecule has 6 nitrogen and oxygen atoms in total. The zero-order chi connectivity index (χ0) is 43.9. The van der Waals surface area contributed by atoms with Crippen LogP contribution in [0.2, 0.25) is 17.3 Å². The quantitative estimate of drug-likeness (QED) is 0.118. The van der Waals surface area contributed by atoms with E-state index in [9.17, 15) is 13.2 Å². The first-order valence-electron chi connectivity index (χ1n) is 20.7. The molecule has 0 aliphatic rings. The summed E-state index contributed by atoms with van der Waals surface area (Å²) in [6.45, 7) is 0. The van der Waals surface area contributed by atoms with Crippen LogP contribution in [0.3, 0.4) is 0 Å². The van der Waals surface area contributed by atoms with Crippen LogP contribution in [0.15, 0.2) is 164 Å². The molecule has 0 fully saturated rings. The Morgan fingerprint density at radius 3 is 1.77 bits per heavy atom. The molecule has 0 unspecified atom stereocenters. The number of rotatable bonds is 7. The van der Waals surface area contributed by atoms with Crippen molar-refractivity contribution < 1.29 is 17.6 Å². The summed E-state index contributed by atoms with van der Waals surface area (Å²) in [4.78, 5) is 21.1. The number of benzene rings is 7. The number of alkyl halides is 3. The van der Waals surface area contributed by atoms with Crippen LogP contribution in [0.1, 0.15) is 5.56 Å². The van der Waals surface area contributed by atoms with Crippen LogP contribution in [0.5, 0.6) is 0 Å². The molecule has 0 N–H and O–H groups in total. The van der Waals surface area contributed by atoms with Gasteiger partial charge in [0.1, 0.15) is 5.82 Å². The topological polar surface area (TPSA) is 61.4 Å². The van der Waals surface area contributed by atoms with Crippen LogP contribution in [0.25, 0.3) is 99.0 Å². The van der Waals surface area contributed by atoms with E-state index < -0.39 is 25.0 Å². The van der Waals surface area contributed by atoms with Gasteiger partial charge in [-0.15, -0.1) is 0 Å². The minimum atomic E-state index is -4.52. The molecule has 0 aliphatic heterocycles. The van der Waals surface area contributed by atoms with E-state index in [1.807, 2.05) is 108 Å². The summed E-state index contributed by atoms with van der Waals surface area (Å²) >= 11 is -0.861. The van der Waals surface area contributed by atoms with Crippen molar-refractivity contribution in [2.45, 2.75) is 23.4 Å². The third-order valence-corrected chi connectivity index (χ3v) is 17.1. The Balaban J connectivity index is 1.12. The van der Waals surface area contributed by atoms with E-state index >= 15 is 4.39 Å². The van der Waals surface area contributed by atoms with Gasteiger partial charge in [0, 0.05) is 28.1 Å². The Labute approximate surface area is 371 Å². The fourth-order valence-corrected chi connectivity index (χ4v) is 12.7. The first-order valence-corrected chi connectivity index (χ1v) is 28.9. The van der Waals surface area contributed by atoms with Crippen molar-refractivity contribution in [2.24, 2.45) is 0 Å². The summed E-state index contributed by atoms with van der Waals surface area (Å²) in [6, 6.07) is 48.4. The molecular formula is C52H36F4GeN6S. The molecule has 0 saturated carbocycles. The van der Waals surface area contributed by atoms with Crippen molar-refractivity contribution in [3.63, 3.8) is 0 Å². The van der Waals surface area contributed by atoms with Crippen molar-refractivity contribution >= 4 is 71.4 Å². The Kier molecular flexibility index (Phi) is 9.40. The summed E-state index contributed by atoms with van der Waals surface area (Å²) in [5, 5.41) is 1.88. The molecule has 0 aliphatic carbocycles. The summed E-state index contributed by atoms with van der Waals surface area (Å²) < 4.78 is 63.4. The number of hydrogen-bond donors (Lipinski definition) is 0. The molecule has 0 saturated heterocycles. The van der Waals surface area contributed by atoms with Crippen LogP contribution in [-0.4, -0.2) is 42.3 Å². The van der Waals surface area contributed by atoms with Gasteiger partial charge in [0.05, 0.1) is 27.6 Å². The van der Waals surface area contributed by atoms with Crippen LogP contribution in [0, 0.1) is 5.82 Å². The van der Waals surface area contributed by atoms with Gasteiger partial charge in [0.15, 0.2) is 0 Å². The third kappa shape index (κ3) is 6.69. The second kappa shape index (κ2) is 15.1. The first-order chi connectivity index (χ1) is 30.9. The molecule has 7 aromatic carbocycles. The van der Waals surface area contributed by atoms with Crippen LogP contribution in [-0.2, 0) is 6.18 Å². The van der Waals surface area contributed by atoms with E-state index in [4.69, 9.17) is 19.9 Å². The number of imidazole rings is 2. The van der Waals surface area contributed by atoms with E-state index in [0.29, 0.717) is 28.3 Å². The molecule has 4 heterocycles. The zero-order valence-corrected chi connectivity index (χ0v) is 37.6. The van der Waals surface area contributed by atoms with Gasteiger partial charge < -0.3 is 0 Å².